The summed E-state index contributed by atoms with van der Waals surface area (Å²) in [4.78, 5) is 24.8. The highest BCUT2D eigenvalue weighted by atomic mass is 16.4. The Balaban J connectivity index is 2.03. The van der Waals surface area contributed by atoms with Crippen LogP contribution in [0.2, 0.25) is 0 Å². The fraction of sp³-hybridized carbons (Fsp3) is 0.467. The molecule has 1 heterocycles. The Bertz CT molecular complexity index is 559. The summed E-state index contributed by atoms with van der Waals surface area (Å²) < 4.78 is 0. The lowest BCUT2D eigenvalue weighted by atomic mass is 9.94. The Hall–Kier alpha value is -2.08. The Morgan fingerprint density at radius 2 is 1.90 bits per heavy atom. The number of aliphatic hydroxyl groups is 1. The molecule has 0 aliphatic carbocycles. The van der Waals surface area contributed by atoms with Gasteiger partial charge in [0.15, 0.2) is 0 Å². The molecule has 1 aliphatic heterocycles. The largest absolute Gasteiger partial charge is 0.478 e. The number of hydrogen-bond donors (Lipinski definition) is 3. The number of rotatable bonds is 2. The number of aromatic carboxylic acids is 1. The minimum Gasteiger partial charge on any atom is -0.478 e. The smallest absolute Gasteiger partial charge is 0.336 e. The van der Waals surface area contributed by atoms with Gasteiger partial charge in [0.05, 0.1) is 11.2 Å². The molecule has 21 heavy (non-hydrogen) atoms. The van der Waals surface area contributed by atoms with Crippen molar-refractivity contribution in [3.8, 4) is 0 Å². The van der Waals surface area contributed by atoms with E-state index in [-0.39, 0.29) is 11.6 Å². The van der Waals surface area contributed by atoms with Crippen LogP contribution in [-0.4, -0.2) is 45.8 Å². The standard InChI is InChI=1S/C15H20N2O4/c1-10-3-4-11(9-12(10)13(18)19)16-14(20)17-7-5-15(2,21)6-8-17/h3-4,9,21H,5-8H2,1-2H3,(H,16,20)(H,18,19). The fourth-order valence-electron chi connectivity index (χ4n) is 2.32. The van der Waals surface area contributed by atoms with E-state index in [2.05, 4.69) is 5.32 Å². The first-order valence-electron chi connectivity index (χ1n) is 6.91. The van der Waals surface area contributed by atoms with Gasteiger partial charge in [-0.2, -0.15) is 0 Å². The maximum atomic E-state index is 12.1. The second-order valence-corrected chi connectivity index (χ2v) is 5.75. The van der Waals surface area contributed by atoms with E-state index in [1.165, 1.54) is 6.07 Å². The van der Waals surface area contributed by atoms with E-state index in [0.29, 0.717) is 37.2 Å². The maximum absolute atomic E-state index is 12.1. The molecule has 2 rings (SSSR count). The lowest BCUT2D eigenvalue weighted by Crippen LogP contribution is -2.46. The van der Waals surface area contributed by atoms with Crippen LogP contribution in [-0.2, 0) is 0 Å². The molecule has 6 nitrogen and oxygen atoms in total. The number of aryl methyl sites for hydroxylation is 1. The number of nitrogens with one attached hydrogen (secondary N) is 1. The van der Waals surface area contributed by atoms with E-state index in [0.717, 1.165) is 0 Å². The predicted molar refractivity (Wildman–Crippen MR) is 78.6 cm³/mol. The summed E-state index contributed by atoms with van der Waals surface area (Å²) in [6.45, 7) is 4.44. The van der Waals surface area contributed by atoms with E-state index in [1.807, 2.05) is 0 Å². The average Bonchev–Trinajstić information content (AvgIpc) is 2.40. The van der Waals surface area contributed by atoms with Crippen molar-refractivity contribution in [1.82, 2.24) is 4.90 Å². The van der Waals surface area contributed by atoms with Gasteiger partial charge in [-0.25, -0.2) is 9.59 Å². The molecule has 1 aliphatic rings. The highest BCUT2D eigenvalue weighted by Crippen LogP contribution is 2.22. The molecule has 114 valence electrons. The summed E-state index contributed by atoms with van der Waals surface area (Å²) in [5, 5.41) is 21.7. The van der Waals surface area contributed by atoms with Crippen molar-refractivity contribution >= 4 is 17.7 Å². The summed E-state index contributed by atoms with van der Waals surface area (Å²) in [7, 11) is 0. The van der Waals surface area contributed by atoms with Gasteiger partial charge in [-0.05, 0) is 44.4 Å². The van der Waals surface area contributed by atoms with Crippen molar-refractivity contribution < 1.29 is 19.8 Å². The van der Waals surface area contributed by atoms with Crippen LogP contribution >= 0.6 is 0 Å². The van der Waals surface area contributed by atoms with Gasteiger partial charge in [-0.3, -0.25) is 0 Å². The normalized spacial score (nSPS) is 17.4. The van der Waals surface area contributed by atoms with Crippen LogP contribution in [0.25, 0.3) is 0 Å². The number of benzene rings is 1. The summed E-state index contributed by atoms with van der Waals surface area (Å²) in [6.07, 6.45) is 1.07. The van der Waals surface area contributed by atoms with E-state index in [9.17, 15) is 14.7 Å². The number of hydrogen-bond acceptors (Lipinski definition) is 3. The third-order valence-corrected chi connectivity index (χ3v) is 3.85. The zero-order valence-corrected chi connectivity index (χ0v) is 12.2. The number of likely N-dealkylation sites (tertiary alicyclic amines) is 1. The van der Waals surface area contributed by atoms with E-state index in [4.69, 9.17) is 5.11 Å². The van der Waals surface area contributed by atoms with Crippen molar-refractivity contribution in [2.45, 2.75) is 32.3 Å². The van der Waals surface area contributed by atoms with Gasteiger partial charge in [-0.15, -0.1) is 0 Å². The third-order valence-electron chi connectivity index (χ3n) is 3.85. The summed E-state index contributed by atoms with van der Waals surface area (Å²) in [5.74, 6) is -1.02. The number of urea groups is 1. The zero-order chi connectivity index (χ0) is 15.6. The molecular weight excluding hydrogens is 272 g/mol. The predicted octanol–water partition coefficient (Wildman–Crippen LogP) is 2.07. The second-order valence-electron chi connectivity index (χ2n) is 5.75. The summed E-state index contributed by atoms with van der Waals surface area (Å²) in [6, 6.07) is 4.53. The average molecular weight is 292 g/mol. The highest BCUT2D eigenvalue weighted by molar-refractivity contribution is 5.94. The molecule has 1 aromatic rings. The third kappa shape index (κ3) is 3.72. The SMILES string of the molecule is Cc1ccc(NC(=O)N2CCC(C)(O)CC2)cc1C(=O)O. The van der Waals surface area contributed by atoms with Crippen molar-refractivity contribution in [3.05, 3.63) is 29.3 Å². The number of nitrogens with zero attached hydrogens (tertiary/aromatic N) is 1. The lowest BCUT2D eigenvalue weighted by molar-refractivity contribution is 0.00569. The molecule has 2 amide bonds. The van der Waals surface area contributed by atoms with Crippen molar-refractivity contribution in [1.29, 1.82) is 0 Å². The van der Waals surface area contributed by atoms with Crippen LogP contribution in [0.3, 0.4) is 0 Å². The molecule has 0 saturated carbocycles. The molecular formula is C15H20N2O4. The fourth-order valence-corrected chi connectivity index (χ4v) is 2.32. The maximum Gasteiger partial charge on any atom is 0.336 e. The molecule has 3 N–H and O–H groups in total. The molecule has 0 spiro atoms. The van der Waals surface area contributed by atoms with Crippen LogP contribution in [0, 0.1) is 6.92 Å². The van der Waals surface area contributed by atoms with Gasteiger partial charge in [-0.1, -0.05) is 6.07 Å². The topological polar surface area (TPSA) is 89.9 Å². The minimum absolute atomic E-state index is 0.175. The number of carboxylic acid groups (broad SMARTS) is 1. The second kappa shape index (κ2) is 5.73. The molecule has 0 unspecified atom stereocenters. The first kappa shape index (κ1) is 15.3. The number of amides is 2. The van der Waals surface area contributed by atoms with Gasteiger partial charge >= 0.3 is 12.0 Å². The number of carbonyl (C=O) groups is 2. The number of carboxylic acids is 1. The van der Waals surface area contributed by atoms with Crippen molar-refractivity contribution in [3.63, 3.8) is 0 Å². The van der Waals surface area contributed by atoms with E-state index < -0.39 is 11.6 Å². The minimum atomic E-state index is -1.02. The Morgan fingerprint density at radius 3 is 2.48 bits per heavy atom. The van der Waals surface area contributed by atoms with E-state index >= 15 is 0 Å². The van der Waals surface area contributed by atoms with Crippen LogP contribution in [0.4, 0.5) is 10.5 Å². The van der Waals surface area contributed by atoms with Crippen LogP contribution in [0.1, 0.15) is 35.7 Å². The van der Waals surface area contributed by atoms with Crippen molar-refractivity contribution in [2.75, 3.05) is 18.4 Å². The number of piperidine rings is 1. The van der Waals surface area contributed by atoms with Crippen LogP contribution in [0.15, 0.2) is 18.2 Å². The van der Waals surface area contributed by atoms with Crippen LogP contribution in [0.5, 0.6) is 0 Å². The van der Waals surface area contributed by atoms with Crippen molar-refractivity contribution in [2.24, 2.45) is 0 Å². The molecule has 6 heteroatoms. The van der Waals surface area contributed by atoms with Gasteiger partial charge in [0.25, 0.3) is 0 Å². The molecule has 0 radical (unpaired) electrons. The van der Waals surface area contributed by atoms with Gasteiger partial charge in [0.2, 0.25) is 0 Å². The monoisotopic (exact) mass is 292 g/mol. The first-order chi connectivity index (χ1) is 9.78. The zero-order valence-electron chi connectivity index (χ0n) is 12.2. The van der Waals surface area contributed by atoms with Gasteiger partial charge in [0.1, 0.15) is 0 Å². The summed E-state index contributed by atoms with van der Waals surface area (Å²) in [5.41, 5.74) is 0.570. The summed E-state index contributed by atoms with van der Waals surface area (Å²) >= 11 is 0. The molecule has 1 fully saturated rings. The Labute approximate surface area is 123 Å². The first-order valence-corrected chi connectivity index (χ1v) is 6.91. The molecule has 0 bridgehead atoms. The van der Waals surface area contributed by atoms with Gasteiger partial charge in [0, 0.05) is 18.8 Å². The van der Waals surface area contributed by atoms with E-state index in [1.54, 1.807) is 30.9 Å². The molecule has 1 saturated heterocycles. The van der Waals surface area contributed by atoms with Gasteiger partial charge < -0.3 is 20.4 Å². The van der Waals surface area contributed by atoms with Crippen LogP contribution < -0.4 is 5.32 Å². The quantitative estimate of drug-likeness (QED) is 0.778. The Morgan fingerprint density at radius 1 is 1.29 bits per heavy atom. The number of anilines is 1. The highest BCUT2D eigenvalue weighted by Gasteiger charge is 2.29. The number of carbonyl (C=O) groups excluding carboxylic acids is 1. The molecule has 0 atom stereocenters. The lowest BCUT2D eigenvalue weighted by Gasteiger charge is -2.35. The Kier molecular flexibility index (Phi) is 4.18. The molecule has 1 aromatic carbocycles. The molecule has 0 aromatic heterocycles.